The number of ether oxygens (including phenoxy) is 1. The fraction of sp³-hybridized carbons (Fsp3) is 0.375. The zero-order valence-electron chi connectivity index (χ0n) is 12.5. The fourth-order valence-electron chi connectivity index (χ4n) is 2.01. The molecule has 0 saturated carbocycles. The van der Waals surface area contributed by atoms with Gasteiger partial charge in [-0.1, -0.05) is 36.4 Å². The molecule has 1 heterocycles. The van der Waals surface area contributed by atoms with Gasteiger partial charge in [0.1, 0.15) is 23.7 Å². The van der Waals surface area contributed by atoms with Crippen molar-refractivity contribution in [3.63, 3.8) is 0 Å². The topological polar surface area (TPSA) is 60.2 Å². The minimum absolute atomic E-state index is 0.149. The molecule has 5 heteroatoms. The Morgan fingerprint density at radius 3 is 2.62 bits per heavy atom. The lowest BCUT2D eigenvalue weighted by Gasteiger charge is -2.10. The van der Waals surface area contributed by atoms with E-state index in [0.29, 0.717) is 18.8 Å². The first-order valence-electron chi connectivity index (χ1n) is 7.02. The summed E-state index contributed by atoms with van der Waals surface area (Å²) in [6, 6.07) is 7.99. The average molecular weight is 287 g/mol. The zero-order valence-corrected chi connectivity index (χ0v) is 12.5. The number of hydrogen-bond acceptors (Lipinski definition) is 4. The Balaban J connectivity index is 2.10. The Morgan fingerprint density at radius 1 is 1.33 bits per heavy atom. The van der Waals surface area contributed by atoms with Crippen LogP contribution in [0.4, 0.5) is 0 Å². The normalized spacial score (nSPS) is 10.6. The van der Waals surface area contributed by atoms with Crippen molar-refractivity contribution in [2.75, 3.05) is 0 Å². The van der Waals surface area contributed by atoms with Gasteiger partial charge in [-0.25, -0.2) is 4.68 Å². The van der Waals surface area contributed by atoms with E-state index in [0.717, 1.165) is 23.4 Å². The van der Waals surface area contributed by atoms with Gasteiger partial charge in [-0.15, -0.1) is 5.10 Å². The summed E-state index contributed by atoms with van der Waals surface area (Å²) in [6.07, 6.45) is 1.00. The van der Waals surface area contributed by atoms with Crippen molar-refractivity contribution in [3.8, 4) is 5.75 Å². The van der Waals surface area contributed by atoms with Crippen LogP contribution in [-0.2, 0) is 26.2 Å². The summed E-state index contributed by atoms with van der Waals surface area (Å²) in [5.41, 5.74) is 3.56. The standard InChI is InChI=1S/C16H21N3O2/c1-4-13-5-7-14(8-6-13)21-11-16-15(10-20)17-18-19(16)9-12(2)3/h5-8,20H,2,4,9-11H2,1,3H3. The molecule has 1 aromatic carbocycles. The van der Waals surface area contributed by atoms with Crippen molar-refractivity contribution >= 4 is 0 Å². The van der Waals surface area contributed by atoms with Gasteiger partial charge in [-0.2, -0.15) is 0 Å². The number of nitrogens with zero attached hydrogens (tertiary/aromatic N) is 3. The van der Waals surface area contributed by atoms with Gasteiger partial charge in [0, 0.05) is 0 Å². The van der Waals surface area contributed by atoms with E-state index in [9.17, 15) is 5.11 Å². The number of aryl methyl sites for hydroxylation is 1. The quantitative estimate of drug-likeness (QED) is 0.795. The molecule has 2 aromatic rings. The smallest absolute Gasteiger partial charge is 0.132 e. The van der Waals surface area contributed by atoms with Crippen molar-refractivity contribution < 1.29 is 9.84 Å². The van der Waals surface area contributed by atoms with Gasteiger partial charge in [0.05, 0.1) is 13.2 Å². The first kappa shape index (κ1) is 15.3. The fourth-order valence-corrected chi connectivity index (χ4v) is 2.01. The molecule has 0 aliphatic rings. The second-order valence-electron chi connectivity index (χ2n) is 5.04. The molecule has 5 nitrogen and oxygen atoms in total. The van der Waals surface area contributed by atoms with Crippen LogP contribution in [0, 0.1) is 0 Å². The molecule has 0 atom stereocenters. The summed E-state index contributed by atoms with van der Waals surface area (Å²) in [4.78, 5) is 0. The molecule has 21 heavy (non-hydrogen) atoms. The molecular formula is C16H21N3O2. The SMILES string of the molecule is C=C(C)Cn1nnc(CO)c1COc1ccc(CC)cc1. The highest BCUT2D eigenvalue weighted by atomic mass is 16.5. The van der Waals surface area contributed by atoms with Gasteiger partial charge in [-0.05, 0) is 31.0 Å². The average Bonchev–Trinajstić information content (AvgIpc) is 2.86. The Labute approximate surface area is 124 Å². The zero-order chi connectivity index (χ0) is 15.2. The second-order valence-corrected chi connectivity index (χ2v) is 5.04. The third kappa shape index (κ3) is 3.92. The highest BCUT2D eigenvalue weighted by molar-refractivity contribution is 5.27. The molecule has 0 aliphatic carbocycles. The third-order valence-corrected chi connectivity index (χ3v) is 3.19. The Bertz CT molecular complexity index is 602. The van der Waals surface area contributed by atoms with E-state index in [4.69, 9.17) is 4.74 Å². The molecule has 0 bridgehead atoms. The minimum atomic E-state index is -0.149. The molecule has 0 unspecified atom stereocenters. The number of allylic oxidation sites excluding steroid dienone is 1. The van der Waals surface area contributed by atoms with Gasteiger partial charge < -0.3 is 9.84 Å². The largest absolute Gasteiger partial charge is 0.487 e. The van der Waals surface area contributed by atoms with Crippen molar-refractivity contribution in [2.45, 2.75) is 40.0 Å². The monoisotopic (exact) mass is 287 g/mol. The van der Waals surface area contributed by atoms with Crippen LogP contribution in [0.2, 0.25) is 0 Å². The molecule has 2 rings (SSSR count). The summed E-state index contributed by atoms with van der Waals surface area (Å²) in [6.45, 7) is 8.66. The first-order chi connectivity index (χ1) is 10.1. The van der Waals surface area contributed by atoms with Crippen LogP contribution in [-0.4, -0.2) is 20.1 Å². The van der Waals surface area contributed by atoms with E-state index in [1.54, 1.807) is 4.68 Å². The molecule has 0 spiro atoms. The summed E-state index contributed by atoms with van der Waals surface area (Å²) in [5, 5.41) is 17.3. The van der Waals surface area contributed by atoms with E-state index in [2.05, 4.69) is 23.8 Å². The lowest BCUT2D eigenvalue weighted by atomic mass is 10.2. The second kappa shape index (κ2) is 7.04. The van der Waals surface area contributed by atoms with Gasteiger partial charge >= 0.3 is 0 Å². The summed E-state index contributed by atoms with van der Waals surface area (Å²) in [7, 11) is 0. The summed E-state index contributed by atoms with van der Waals surface area (Å²) >= 11 is 0. The molecule has 0 aliphatic heterocycles. The minimum Gasteiger partial charge on any atom is -0.487 e. The van der Waals surface area contributed by atoms with Crippen molar-refractivity contribution in [2.24, 2.45) is 0 Å². The number of rotatable bonds is 7. The highest BCUT2D eigenvalue weighted by Crippen LogP contribution is 2.16. The Hall–Kier alpha value is -2.14. The molecular weight excluding hydrogens is 266 g/mol. The van der Waals surface area contributed by atoms with Crippen LogP contribution >= 0.6 is 0 Å². The van der Waals surface area contributed by atoms with Crippen LogP contribution in [0.15, 0.2) is 36.4 Å². The lowest BCUT2D eigenvalue weighted by molar-refractivity contribution is 0.262. The predicted molar refractivity (Wildman–Crippen MR) is 80.9 cm³/mol. The number of aromatic nitrogens is 3. The molecule has 0 fully saturated rings. The van der Waals surface area contributed by atoms with E-state index < -0.39 is 0 Å². The van der Waals surface area contributed by atoms with Crippen LogP contribution in [0.5, 0.6) is 5.75 Å². The number of benzene rings is 1. The Morgan fingerprint density at radius 2 is 2.05 bits per heavy atom. The van der Waals surface area contributed by atoms with Crippen LogP contribution in [0.3, 0.4) is 0 Å². The van der Waals surface area contributed by atoms with Crippen LogP contribution in [0.25, 0.3) is 0 Å². The molecule has 112 valence electrons. The van der Waals surface area contributed by atoms with Crippen molar-refractivity contribution in [1.82, 2.24) is 15.0 Å². The van der Waals surface area contributed by atoms with Gasteiger partial charge in [0.25, 0.3) is 0 Å². The van der Waals surface area contributed by atoms with E-state index in [-0.39, 0.29) is 6.61 Å². The summed E-state index contributed by atoms with van der Waals surface area (Å²) < 4.78 is 7.49. The maximum atomic E-state index is 9.34. The highest BCUT2D eigenvalue weighted by Gasteiger charge is 2.13. The van der Waals surface area contributed by atoms with E-state index >= 15 is 0 Å². The summed E-state index contributed by atoms with van der Waals surface area (Å²) in [5.74, 6) is 0.791. The number of hydrogen-bond donors (Lipinski definition) is 1. The molecule has 0 saturated heterocycles. The lowest BCUT2D eigenvalue weighted by Crippen LogP contribution is -2.10. The Kier molecular flexibility index (Phi) is 5.11. The third-order valence-electron chi connectivity index (χ3n) is 3.19. The van der Waals surface area contributed by atoms with Crippen molar-refractivity contribution in [1.29, 1.82) is 0 Å². The van der Waals surface area contributed by atoms with Gasteiger partial charge in [0.2, 0.25) is 0 Å². The van der Waals surface area contributed by atoms with Gasteiger partial charge in [0.15, 0.2) is 0 Å². The van der Waals surface area contributed by atoms with Gasteiger partial charge in [-0.3, -0.25) is 0 Å². The first-order valence-corrected chi connectivity index (χ1v) is 7.02. The number of aliphatic hydroxyl groups excluding tert-OH is 1. The number of aliphatic hydroxyl groups is 1. The molecule has 0 amide bonds. The van der Waals surface area contributed by atoms with E-state index in [1.165, 1.54) is 5.56 Å². The molecule has 1 N–H and O–H groups in total. The van der Waals surface area contributed by atoms with Crippen LogP contribution < -0.4 is 4.74 Å². The van der Waals surface area contributed by atoms with Crippen molar-refractivity contribution in [3.05, 3.63) is 53.4 Å². The maximum Gasteiger partial charge on any atom is 0.132 e. The predicted octanol–water partition coefficient (Wildman–Crippen LogP) is 2.49. The molecule has 0 radical (unpaired) electrons. The molecule has 1 aromatic heterocycles. The maximum absolute atomic E-state index is 9.34. The van der Waals surface area contributed by atoms with Crippen LogP contribution in [0.1, 0.15) is 30.8 Å². The van der Waals surface area contributed by atoms with E-state index in [1.807, 2.05) is 31.2 Å².